The molecule has 2 aromatic carbocycles. The molecule has 0 atom stereocenters. The predicted molar refractivity (Wildman–Crippen MR) is 118 cm³/mol. The van der Waals surface area contributed by atoms with Gasteiger partial charge in [0.25, 0.3) is 5.91 Å². The number of ether oxygens (including phenoxy) is 3. The van der Waals surface area contributed by atoms with Crippen LogP contribution >= 0.6 is 0 Å². The van der Waals surface area contributed by atoms with Crippen molar-refractivity contribution in [2.24, 2.45) is 0 Å². The number of carbonyl (C=O) groups is 2. The fourth-order valence-electron chi connectivity index (χ4n) is 3.67. The number of hydrogen-bond acceptors (Lipinski definition) is 7. The van der Waals surface area contributed by atoms with Crippen molar-refractivity contribution in [1.82, 2.24) is 10.2 Å². The number of nitrogens with one attached hydrogen (secondary N) is 1. The first kappa shape index (κ1) is 23.7. The van der Waals surface area contributed by atoms with Crippen LogP contribution in [0.4, 0.5) is 10.1 Å². The van der Waals surface area contributed by atoms with Crippen LogP contribution in [-0.4, -0.2) is 70.8 Å². The first-order valence-electron chi connectivity index (χ1n) is 10.2. The third-order valence-corrected chi connectivity index (χ3v) is 5.40. The molecule has 3 rings (SSSR count). The Morgan fingerprint density at radius 2 is 1.70 bits per heavy atom. The second kappa shape index (κ2) is 10.5. The summed E-state index contributed by atoms with van der Waals surface area (Å²) in [7, 11) is 4.37. The zero-order valence-electron chi connectivity index (χ0n) is 18.7. The van der Waals surface area contributed by atoms with Gasteiger partial charge in [0, 0.05) is 31.7 Å². The van der Waals surface area contributed by atoms with Crippen LogP contribution in [0, 0.1) is 17.1 Å². The average Bonchev–Trinajstić information content (AvgIpc) is 2.85. The summed E-state index contributed by atoms with van der Waals surface area (Å²) >= 11 is 0. The Balaban J connectivity index is 1.59. The number of rotatable bonds is 7. The van der Waals surface area contributed by atoms with E-state index in [1.807, 2.05) is 11.0 Å². The number of anilines is 1. The van der Waals surface area contributed by atoms with Gasteiger partial charge in [0.05, 0.1) is 33.6 Å². The Morgan fingerprint density at radius 1 is 1.06 bits per heavy atom. The summed E-state index contributed by atoms with van der Waals surface area (Å²) in [4.78, 5) is 28.7. The number of nitriles is 1. The van der Waals surface area contributed by atoms with E-state index >= 15 is 0 Å². The molecule has 174 valence electrons. The van der Waals surface area contributed by atoms with E-state index in [-0.39, 0.29) is 23.6 Å². The summed E-state index contributed by atoms with van der Waals surface area (Å²) in [5.74, 6) is -0.238. The molecule has 2 aromatic rings. The van der Waals surface area contributed by atoms with Gasteiger partial charge in [0.15, 0.2) is 11.5 Å². The van der Waals surface area contributed by atoms with Crippen molar-refractivity contribution in [2.45, 2.75) is 0 Å². The van der Waals surface area contributed by atoms with Crippen LogP contribution in [0.2, 0.25) is 0 Å². The molecule has 0 unspecified atom stereocenters. The molecule has 0 spiro atoms. The van der Waals surface area contributed by atoms with E-state index in [9.17, 15) is 19.2 Å². The van der Waals surface area contributed by atoms with Gasteiger partial charge in [-0.1, -0.05) is 6.07 Å². The van der Waals surface area contributed by atoms with Gasteiger partial charge in [0.2, 0.25) is 11.7 Å². The largest absolute Gasteiger partial charge is 0.493 e. The maximum atomic E-state index is 13.9. The zero-order chi connectivity index (χ0) is 24.0. The van der Waals surface area contributed by atoms with Crippen molar-refractivity contribution in [2.75, 3.05) is 59.0 Å². The summed E-state index contributed by atoms with van der Waals surface area (Å²) < 4.78 is 29.6. The molecule has 0 radical (unpaired) electrons. The highest BCUT2D eigenvalue weighted by atomic mass is 19.1. The van der Waals surface area contributed by atoms with Crippen molar-refractivity contribution >= 4 is 17.5 Å². The van der Waals surface area contributed by atoms with Gasteiger partial charge < -0.3 is 29.3 Å². The van der Waals surface area contributed by atoms with Gasteiger partial charge in [-0.05, 0) is 24.3 Å². The van der Waals surface area contributed by atoms with Crippen LogP contribution in [0.3, 0.4) is 0 Å². The Bertz CT molecular complexity index is 1050. The van der Waals surface area contributed by atoms with E-state index in [0.29, 0.717) is 49.1 Å². The molecule has 1 fully saturated rings. The Kier molecular flexibility index (Phi) is 7.56. The van der Waals surface area contributed by atoms with Gasteiger partial charge in [-0.15, -0.1) is 0 Å². The van der Waals surface area contributed by atoms with Crippen molar-refractivity contribution in [3.05, 3.63) is 47.3 Å². The maximum absolute atomic E-state index is 13.9. The lowest BCUT2D eigenvalue weighted by atomic mass is 10.1. The molecule has 33 heavy (non-hydrogen) atoms. The van der Waals surface area contributed by atoms with Gasteiger partial charge in [-0.25, -0.2) is 4.39 Å². The average molecular weight is 456 g/mol. The standard InChI is InChI=1S/C23H25FN4O5/c1-31-19-11-15(12-20(32-2)22(19)33-3)23(30)26-14-21(29)28-9-7-27(8-10-28)18-6-4-5-17(24)16(18)13-25/h4-6,11-12H,7-10,14H2,1-3H3,(H,26,30). The lowest BCUT2D eigenvalue weighted by Crippen LogP contribution is -2.51. The van der Waals surface area contributed by atoms with Crippen molar-refractivity contribution in [3.63, 3.8) is 0 Å². The fraction of sp³-hybridized carbons (Fsp3) is 0.348. The minimum atomic E-state index is -0.567. The van der Waals surface area contributed by atoms with Gasteiger partial charge in [-0.3, -0.25) is 9.59 Å². The van der Waals surface area contributed by atoms with Crippen molar-refractivity contribution < 1.29 is 28.2 Å². The summed E-state index contributed by atoms with van der Waals surface area (Å²) in [6.07, 6.45) is 0. The van der Waals surface area contributed by atoms with E-state index in [4.69, 9.17) is 14.2 Å². The number of hydrogen-bond donors (Lipinski definition) is 1. The molecule has 1 aliphatic heterocycles. The Labute approximate surface area is 191 Å². The Morgan fingerprint density at radius 3 is 2.24 bits per heavy atom. The minimum Gasteiger partial charge on any atom is -0.493 e. The first-order valence-corrected chi connectivity index (χ1v) is 10.2. The van der Waals surface area contributed by atoms with Crippen LogP contribution in [-0.2, 0) is 4.79 Å². The van der Waals surface area contributed by atoms with E-state index < -0.39 is 11.7 Å². The van der Waals surface area contributed by atoms with Gasteiger partial charge >= 0.3 is 0 Å². The highest BCUT2D eigenvalue weighted by Gasteiger charge is 2.24. The summed E-state index contributed by atoms with van der Waals surface area (Å²) in [6, 6.07) is 9.40. The summed E-state index contributed by atoms with van der Waals surface area (Å²) in [5, 5.41) is 11.9. The van der Waals surface area contributed by atoms with E-state index in [0.717, 1.165) is 0 Å². The van der Waals surface area contributed by atoms with Crippen LogP contribution < -0.4 is 24.4 Å². The number of piperazine rings is 1. The van der Waals surface area contributed by atoms with Crippen molar-refractivity contribution in [3.8, 4) is 23.3 Å². The molecular formula is C23H25FN4O5. The minimum absolute atomic E-state index is 0.00473. The fourth-order valence-corrected chi connectivity index (χ4v) is 3.67. The molecule has 1 heterocycles. The van der Waals surface area contributed by atoms with Crippen LogP contribution in [0.15, 0.2) is 30.3 Å². The number of carbonyl (C=O) groups excluding carboxylic acids is 2. The number of nitrogens with zero attached hydrogens (tertiary/aromatic N) is 3. The highest BCUT2D eigenvalue weighted by molar-refractivity contribution is 5.97. The topological polar surface area (TPSA) is 104 Å². The third kappa shape index (κ3) is 5.09. The van der Waals surface area contributed by atoms with Crippen LogP contribution in [0.25, 0.3) is 0 Å². The summed E-state index contributed by atoms with van der Waals surface area (Å²) in [5.41, 5.74) is 0.771. The van der Waals surface area contributed by atoms with Crippen molar-refractivity contribution in [1.29, 1.82) is 5.26 Å². The van der Waals surface area contributed by atoms with Crippen LogP contribution in [0.1, 0.15) is 15.9 Å². The molecule has 0 aromatic heterocycles. The monoisotopic (exact) mass is 456 g/mol. The van der Waals surface area contributed by atoms with Gasteiger partial charge in [0.1, 0.15) is 17.4 Å². The third-order valence-electron chi connectivity index (χ3n) is 5.40. The molecule has 10 heteroatoms. The zero-order valence-corrected chi connectivity index (χ0v) is 18.7. The predicted octanol–water partition coefficient (Wildman–Crippen LogP) is 1.80. The molecule has 0 saturated carbocycles. The molecule has 0 aliphatic carbocycles. The molecule has 1 aliphatic rings. The molecule has 0 bridgehead atoms. The molecule has 1 saturated heterocycles. The number of methoxy groups -OCH3 is 3. The van der Waals surface area contributed by atoms with E-state index in [1.165, 1.54) is 39.5 Å². The lowest BCUT2D eigenvalue weighted by molar-refractivity contribution is -0.130. The molecule has 9 nitrogen and oxygen atoms in total. The highest BCUT2D eigenvalue weighted by Crippen LogP contribution is 2.38. The lowest BCUT2D eigenvalue weighted by Gasteiger charge is -2.36. The number of halogens is 1. The molecule has 2 amide bonds. The first-order chi connectivity index (χ1) is 15.9. The smallest absolute Gasteiger partial charge is 0.251 e. The number of benzene rings is 2. The van der Waals surface area contributed by atoms with Crippen LogP contribution in [0.5, 0.6) is 17.2 Å². The van der Waals surface area contributed by atoms with E-state index in [1.54, 1.807) is 17.0 Å². The second-order valence-corrected chi connectivity index (χ2v) is 7.21. The molecule has 1 N–H and O–H groups in total. The quantitative estimate of drug-likeness (QED) is 0.678. The maximum Gasteiger partial charge on any atom is 0.251 e. The Hall–Kier alpha value is -4.00. The normalized spacial score (nSPS) is 13.2. The van der Waals surface area contributed by atoms with Gasteiger partial charge in [-0.2, -0.15) is 5.26 Å². The number of amides is 2. The summed E-state index contributed by atoms with van der Waals surface area (Å²) in [6.45, 7) is 1.49. The SMILES string of the molecule is COc1cc(C(=O)NCC(=O)N2CCN(c3cccc(F)c3C#N)CC2)cc(OC)c1OC. The van der Waals surface area contributed by atoms with E-state index in [2.05, 4.69) is 5.32 Å². The second-order valence-electron chi connectivity index (χ2n) is 7.21. The molecular weight excluding hydrogens is 431 g/mol.